The number of nitrogens with zero attached hydrogens (tertiary/aromatic N) is 1. The van der Waals surface area contributed by atoms with E-state index in [0.29, 0.717) is 0 Å². The largest absolute Gasteiger partial charge is 0.395 e. The van der Waals surface area contributed by atoms with Crippen molar-refractivity contribution >= 4 is 5.69 Å². The Balaban J connectivity index is 2.39. The monoisotopic (exact) mass is 205 g/mol. The molecule has 0 saturated heterocycles. The molecule has 1 aromatic rings. The van der Waals surface area contributed by atoms with E-state index in [2.05, 4.69) is 44.0 Å². The van der Waals surface area contributed by atoms with Crippen LogP contribution < -0.4 is 4.90 Å². The molecule has 1 aromatic carbocycles. The molecule has 1 N–H and O–H groups in total. The van der Waals surface area contributed by atoms with Gasteiger partial charge in [0.15, 0.2) is 0 Å². The molecule has 0 saturated carbocycles. The molecule has 0 spiro atoms. The van der Waals surface area contributed by atoms with Gasteiger partial charge in [-0.1, -0.05) is 26.0 Å². The molecule has 0 radical (unpaired) electrons. The highest BCUT2D eigenvalue weighted by atomic mass is 16.3. The summed E-state index contributed by atoms with van der Waals surface area (Å²) in [6.45, 7) is 5.46. The summed E-state index contributed by atoms with van der Waals surface area (Å²) in [6, 6.07) is 6.56. The molecule has 0 fully saturated rings. The quantitative estimate of drug-likeness (QED) is 0.797. The Morgan fingerprint density at radius 1 is 1.40 bits per heavy atom. The topological polar surface area (TPSA) is 23.5 Å². The van der Waals surface area contributed by atoms with Gasteiger partial charge in [0.05, 0.1) is 6.61 Å². The minimum absolute atomic E-state index is 0.129. The Morgan fingerprint density at radius 3 is 2.80 bits per heavy atom. The average Bonchev–Trinajstić information content (AvgIpc) is 2.60. The van der Waals surface area contributed by atoms with E-state index in [1.54, 1.807) is 0 Å². The van der Waals surface area contributed by atoms with E-state index in [9.17, 15) is 5.11 Å². The number of likely N-dealkylation sites (N-methyl/N-ethyl adjacent to an activating group) is 1. The van der Waals surface area contributed by atoms with Gasteiger partial charge in [-0.2, -0.15) is 0 Å². The fraction of sp³-hybridized carbons (Fsp3) is 0.538. The Kier molecular flexibility index (Phi) is 2.47. The smallest absolute Gasteiger partial charge is 0.0522 e. The minimum atomic E-state index is -0.129. The fourth-order valence-electron chi connectivity index (χ4n) is 2.08. The van der Waals surface area contributed by atoms with E-state index < -0.39 is 0 Å². The Bertz CT molecular complexity index is 371. The van der Waals surface area contributed by atoms with Crippen LogP contribution in [-0.2, 0) is 11.8 Å². The SMILES string of the molecule is CN1CCc2cc(C(C)(C)CO)ccc21. The van der Waals surface area contributed by atoms with Crippen molar-refractivity contribution in [1.29, 1.82) is 0 Å². The summed E-state index contributed by atoms with van der Waals surface area (Å²) in [5.41, 5.74) is 3.86. The molecular weight excluding hydrogens is 186 g/mol. The van der Waals surface area contributed by atoms with Gasteiger partial charge in [0.2, 0.25) is 0 Å². The average molecular weight is 205 g/mol. The number of hydrogen-bond acceptors (Lipinski definition) is 2. The predicted octanol–water partition coefficient (Wildman–Crippen LogP) is 1.95. The Morgan fingerprint density at radius 2 is 2.13 bits per heavy atom. The van der Waals surface area contributed by atoms with Gasteiger partial charge in [0, 0.05) is 24.7 Å². The number of fused-ring (bicyclic) bond motifs is 1. The van der Waals surface area contributed by atoms with Gasteiger partial charge in [-0.05, 0) is 23.6 Å². The molecule has 82 valence electrons. The number of hydrogen-bond donors (Lipinski definition) is 1. The number of anilines is 1. The zero-order valence-electron chi connectivity index (χ0n) is 9.75. The number of aliphatic hydroxyl groups excluding tert-OH is 1. The molecule has 2 rings (SSSR count). The summed E-state index contributed by atoms with van der Waals surface area (Å²) in [6.07, 6.45) is 1.13. The van der Waals surface area contributed by atoms with Crippen LogP contribution in [0.15, 0.2) is 18.2 Å². The third kappa shape index (κ3) is 1.74. The van der Waals surface area contributed by atoms with Crippen molar-refractivity contribution in [3.63, 3.8) is 0 Å². The maximum absolute atomic E-state index is 9.34. The summed E-state index contributed by atoms with van der Waals surface area (Å²) in [7, 11) is 2.13. The van der Waals surface area contributed by atoms with E-state index >= 15 is 0 Å². The fourth-order valence-corrected chi connectivity index (χ4v) is 2.08. The second-order valence-corrected chi connectivity index (χ2v) is 5.06. The second-order valence-electron chi connectivity index (χ2n) is 5.06. The van der Waals surface area contributed by atoms with Crippen molar-refractivity contribution in [2.75, 3.05) is 25.1 Å². The van der Waals surface area contributed by atoms with Gasteiger partial charge in [0.1, 0.15) is 0 Å². The van der Waals surface area contributed by atoms with Crippen LogP contribution in [0.4, 0.5) is 5.69 Å². The molecule has 0 atom stereocenters. The van der Waals surface area contributed by atoms with E-state index in [0.717, 1.165) is 13.0 Å². The Hall–Kier alpha value is -1.02. The van der Waals surface area contributed by atoms with Crippen molar-refractivity contribution in [1.82, 2.24) is 0 Å². The van der Waals surface area contributed by atoms with Crippen LogP contribution in [-0.4, -0.2) is 25.3 Å². The molecule has 0 aliphatic carbocycles. The van der Waals surface area contributed by atoms with Gasteiger partial charge >= 0.3 is 0 Å². The van der Waals surface area contributed by atoms with Crippen LogP contribution in [0.25, 0.3) is 0 Å². The van der Waals surface area contributed by atoms with Crippen molar-refractivity contribution in [2.45, 2.75) is 25.7 Å². The molecule has 2 nitrogen and oxygen atoms in total. The summed E-state index contributed by atoms with van der Waals surface area (Å²) >= 11 is 0. The van der Waals surface area contributed by atoms with E-state index in [-0.39, 0.29) is 12.0 Å². The van der Waals surface area contributed by atoms with E-state index in [1.807, 2.05) is 0 Å². The third-order valence-corrected chi connectivity index (χ3v) is 3.38. The van der Waals surface area contributed by atoms with Crippen LogP contribution in [0.5, 0.6) is 0 Å². The molecular formula is C13H19NO. The van der Waals surface area contributed by atoms with Gasteiger partial charge in [-0.15, -0.1) is 0 Å². The molecule has 1 aliphatic rings. The van der Waals surface area contributed by atoms with Crippen LogP contribution in [0, 0.1) is 0 Å². The molecule has 15 heavy (non-hydrogen) atoms. The molecule has 0 aromatic heterocycles. The van der Waals surface area contributed by atoms with Gasteiger partial charge in [-0.3, -0.25) is 0 Å². The predicted molar refractivity (Wildman–Crippen MR) is 63.5 cm³/mol. The number of rotatable bonds is 2. The third-order valence-electron chi connectivity index (χ3n) is 3.38. The summed E-state index contributed by atoms with van der Waals surface area (Å²) in [5.74, 6) is 0. The first-order chi connectivity index (χ1) is 7.04. The lowest BCUT2D eigenvalue weighted by molar-refractivity contribution is 0.218. The number of aliphatic hydroxyl groups is 1. The normalized spacial score (nSPS) is 15.6. The maximum Gasteiger partial charge on any atom is 0.0522 e. The first kappa shape index (κ1) is 10.5. The summed E-state index contributed by atoms with van der Waals surface area (Å²) in [5, 5.41) is 9.34. The van der Waals surface area contributed by atoms with Crippen molar-refractivity contribution in [2.24, 2.45) is 0 Å². The van der Waals surface area contributed by atoms with Gasteiger partial charge < -0.3 is 10.0 Å². The zero-order chi connectivity index (χ0) is 11.1. The highest BCUT2D eigenvalue weighted by molar-refractivity contribution is 5.59. The second kappa shape index (κ2) is 3.53. The number of benzene rings is 1. The lowest BCUT2D eigenvalue weighted by atomic mass is 9.84. The van der Waals surface area contributed by atoms with Gasteiger partial charge in [-0.25, -0.2) is 0 Å². The molecule has 0 bridgehead atoms. The lowest BCUT2D eigenvalue weighted by Gasteiger charge is -2.23. The van der Waals surface area contributed by atoms with Crippen molar-refractivity contribution in [3.05, 3.63) is 29.3 Å². The standard InChI is InChI=1S/C13H19NO/c1-13(2,9-15)11-4-5-12-10(8-11)6-7-14(12)3/h4-5,8,15H,6-7,9H2,1-3H3. The van der Waals surface area contributed by atoms with Crippen LogP contribution in [0.3, 0.4) is 0 Å². The molecule has 0 amide bonds. The highest BCUT2D eigenvalue weighted by Crippen LogP contribution is 2.31. The van der Waals surface area contributed by atoms with Crippen LogP contribution in [0.2, 0.25) is 0 Å². The Labute approximate surface area is 91.5 Å². The first-order valence-electron chi connectivity index (χ1n) is 5.50. The van der Waals surface area contributed by atoms with Gasteiger partial charge in [0.25, 0.3) is 0 Å². The minimum Gasteiger partial charge on any atom is -0.395 e. The maximum atomic E-state index is 9.34. The van der Waals surface area contributed by atoms with Crippen LogP contribution >= 0.6 is 0 Å². The van der Waals surface area contributed by atoms with Crippen LogP contribution in [0.1, 0.15) is 25.0 Å². The van der Waals surface area contributed by atoms with Crippen molar-refractivity contribution in [3.8, 4) is 0 Å². The summed E-state index contributed by atoms with van der Waals surface area (Å²) < 4.78 is 0. The highest BCUT2D eigenvalue weighted by Gasteiger charge is 2.22. The molecule has 2 heteroatoms. The van der Waals surface area contributed by atoms with E-state index in [1.165, 1.54) is 16.8 Å². The lowest BCUT2D eigenvalue weighted by Crippen LogP contribution is -2.22. The zero-order valence-corrected chi connectivity index (χ0v) is 9.75. The van der Waals surface area contributed by atoms with Crippen molar-refractivity contribution < 1.29 is 5.11 Å². The van der Waals surface area contributed by atoms with E-state index in [4.69, 9.17) is 0 Å². The molecule has 0 unspecified atom stereocenters. The molecule has 1 aliphatic heterocycles. The summed E-state index contributed by atoms with van der Waals surface area (Å²) in [4.78, 5) is 2.28. The first-order valence-corrected chi connectivity index (χ1v) is 5.50. The molecule has 1 heterocycles.